The maximum atomic E-state index is 12.0. The van der Waals surface area contributed by atoms with Crippen molar-refractivity contribution in [1.82, 2.24) is 0 Å². The van der Waals surface area contributed by atoms with Gasteiger partial charge in [-0.15, -0.1) is 0 Å². The number of amides is 1. The van der Waals surface area contributed by atoms with Crippen LogP contribution in [0, 0.1) is 0 Å². The van der Waals surface area contributed by atoms with Crippen LogP contribution in [-0.2, 0) is 0 Å². The molecule has 0 saturated carbocycles. The molecule has 2 aromatic rings. The van der Waals surface area contributed by atoms with Crippen LogP contribution in [0.4, 0.5) is 11.4 Å². The van der Waals surface area contributed by atoms with Crippen LogP contribution >= 0.6 is 15.9 Å². The molecule has 0 bridgehead atoms. The number of rotatable bonds is 3. The summed E-state index contributed by atoms with van der Waals surface area (Å²) in [7, 11) is 1.53. The minimum atomic E-state index is -0.211. The van der Waals surface area contributed by atoms with Crippen LogP contribution in [0.15, 0.2) is 46.9 Å². The molecule has 1 amide bonds. The maximum absolute atomic E-state index is 12.0. The second kappa shape index (κ2) is 5.75. The quantitative estimate of drug-likeness (QED) is 0.853. The third-order valence-electron chi connectivity index (χ3n) is 2.59. The molecule has 0 aromatic heterocycles. The molecule has 0 aliphatic heterocycles. The van der Waals surface area contributed by atoms with E-state index in [9.17, 15) is 4.79 Å². The van der Waals surface area contributed by atoms with E-state index in [4.69, 9.17) is 10.5 Å². The monoisotopic (exact) mass is 320 g/mol. The number of anilines is 2. The van der Waals surface area contributed by atoms with Crippen molar-refractivity contribution in [1.29, 1.82) is 0 Å². The highest BCUT2D eigenvalue weighted by atomic mass is 79.9. The molecule has 0 atom stereocenters. The molecule has 0 heterocycles. The van der Waals surface area contributed by atoms with E-state index in [1.54, 1.807) is 18.2 Å². The summed E-state index contributed by atoms with van der Waals surface area (Å²) >= 11 is 3.34. The third-order valence-corrected chi connectivity index (χ3v) is 3.12. The average Bonchev–Trinajstić information content (AvgIpc) is 2.41. The van der Waals surface area contributed by atoms with Crippen molar-refractivity contribution < 1.29 is 9.53 Å². The van der Waals surface area contributed by atoms with Crippen LogP contribution in [0.3, 0.4) is 0 Å². The Kier molecular flexibility index (Phi) is 4.06. The lowest BCUT2D eigenvalue weighted by molar-refractivity contribution is 0.102. The number of hydrogen-bond acceptors (Lipinski definition) is 3. The lowest BCUT2D eigenvalue weighted by atomic mass is 10.1. The Hall–Kier alpha value is -2.01. The van der Waals surface area contributed by atoms with Gasteiger partial charge in [-0.2, -0.15) is 0 Å². The van der Waals surface area contributed by atoms with Crippen LogP contribution in [0.2, 0.25) is 0 Å². The molecule has 0 radical (unpaired) electrons. The fourth-order valence-corrected chi connectivity index (χ4v) is 1.88. The molecular formula is C14H13BrN2O2. The number of hydrogen-bond donors (Lipinski definition) is 2. The third kappa shape index (κ3) is 3.26. The highest BCUT2D eigenvalue weighted by molar-refractivity contribution is 9.10. The summed E-state index contributed by atoms with van der Waals surface area (Å²) in [5, 5.41) is 2.79. The van der Waals surface area contributed by atoms with Gasteiger partial charge < -0.3 is 15.8 Å². The fourth-order valence-electron chi connectivity index (χ4n) is 1.61. The van der Waals surface area contributed by atoms with Gasteiger partial charge in [-0.1, -0.05) is 15.9 Å². The number of nitrogens with one attached hydrogen (secondary N) is 1. The number of nitrogens with two attached hydrogens (primary N) is 1. The average molecular weight is 321 g/mol. The zero-order valence-electron chi connectivity index (χ0n) is 10.3. The minimum absolute atomic E-state index is 0.211. The molecule has 4 nitrogen and oxygen atoms in total. The predicted octanol–water partition coefficient (Wildman–Crippen LogP) is 3.29. The molecule has 0 aliphatic carbocycles. The number of nitrogen functional groups attached to an aromatic ring is 1. The molecule has 19 heavy (non-hydrogen) atoms. The highest BCUT2D eigenvalue weighted by Gasteiger charge is 2.08. The van der Waals surface area contributed by atoms with Gasteiger partial charge in [-0.3, -0.25) is 4.79 Å². The molecule has 0 unspecified atom stereocenters. The Balaban J connectivity index is 2.16. The summed E-state index contributed by atoms with van der Waals surface area (Å²) in [5.74, 6) is 0.344. The Morgan fingerprint density at radius 2 is 1.89 bits per heavy atom. The molecule has 98 valence electrons. The lowest BCUT2D eigenvalue weighted by Crippen LogP contribution is -2.12. The summed E-state index contributed by atoms with van der Waals surface area (Å²) in [6.07, 6.45) is 0. The van der Waals surface area contributed by atoms with Crippen LogP contribution in [-0.4, -0.2) is 13.0 Å². The topological polar surface area (TPSA) is 64.3 Å². The lowest BCUT2D eigenvalue weighted by Gasteiger charge is -2.08. The molecule has 5 heteroatoms. The largest absolute Gasteiger partial charge is 0.495 e. The summed E-state index contributed by atoms with van der Waals surface area (Å²) < 4.78 is 6.01. The van der Waals surface area contributed by atoms with Crippen molar-refractivity contribution >= 4 is 33.2 Å². The van der Waals surface area contributed by atoms with Gasteiger partial charge in [0, 0.05) is 15.7 Å². The normalized spacial score (nSPS) is 10.0. The van der Waals surface area contributed by atoms with E-state index >= 15 is 0 Å². The molecule has 2 rings (SSSR count). The SMILES string of the molecule is COc1ccc(C(=O)Nc2ccc(Br)cc2)cc1N. The maximum Gasteiger partial charge on any atom is 0.255 e. The zero-order valence-corrected chi connectivity index (χ0v) is 11.9. The van der Waals surface area contributed by atoms with E-state index in [1.165, 1.54) is 7.11 Å². The van der Waals surface area contributed by atoms with Gasteiger partial charge in [0.2, 0.25) is 0 Å². The first-order valence-electron chi connectivity index (χ1n) is 5.60. The van der Waals surface area contributed by atoms with Crippen molar-refractivity contribution in [2.45, 2.75) is 0 Å². The Morgan fingerprint density at radius 3 is 2.47 bits per heavy atom. The first-order chi connectivity index (χ1) is 9.10. The van der Waals surface area contributed by atoms with E-state index in [0.29, 0.717) is 17.0 Å². The van der Waals surface area contributed by atoms with Gasteiger partial charge in [0.25, 0.3) is 5.91 Å². The molecule has 2 aromatic carbocycles. The van der Waals surface area contributed by atoms with Crippen molar-refractivity contribution in [2.24, 2.45) is 0 Å². The summed E-state index contributed by atoms with van der Waals surface area (Å²) in [6, 6.07) is 12.3. The summed E-state index contributed by atoms with van der Waals surface area (Å²) in [6.45, 7) is 0. The van der Waals surface area contributed by atoms with Crippen LogP contribution in [0.5, 0.6) is 5.75 Å². The first kappa shape index (κ1) is 13.4. The molecule has 0 saturated heterocycles. The van der Waals surface area contributed by atoms with Crippen LogP contribution in [0.1, 0.15) is 10.4 Å². The first-order valence-corrected chi connectivity index (χ1v) is 6.40. The number of methoxy groups -OCH3 is 1. The second-order valence-electron chi connectivity index (χ2n) is 3.92. The van der Waals surface area contributed by atoms with Crippen molar-refractivity contribution in [2.75, 3.05) is 18.2 Å². The van der Waals surface area contributed by atoms with E-state index in [0.717, 1.165) is 10.2 Å². The number of halogens is 1. The van der Waals surface area contributed by atoms with E-state index < -0.39 is 0 Å². The van der Waals surface area contributed by atoms with Crippen LogP contribution < -0.4 is 15.8 Å². The van der Waals surface area contributed by atoms with Crippen molar-refractivity contribution in [3.05, 3.63) is 52.5 Å². The Labute approximate surface area is 119 Å². The minimum Gasteiger partial charge on any atom is -0.495 e. The van der Waals surface area contributed by atoms with E-state index in [2.05, 4.69) is 21.2 Å². The van der Waals surface area contributed by atoms with Crippen LogP contribution in [0.25, 0.3) is 0 Å². The number of ether oxygens (including phenoxy) is 1. The predicted molar refractivity (Wildman–Crippen MR) is 79.5 cm³/mol. The van der Waals surface area contributed by atoms with E-state index in [1.807, 2.05) is 24.3 Å². The zero-order chi connectivity index (χ0) is 13.8. The molecule has 0 spiro atoms. The van der Waals surface area contributed by atoms with Gasteiger partial charge in [-0.05, 0) is 42.5 Å². The number of benzene rings is 2. The van der Waals surface area contributed by atoms with E-state index in [-0.39, 0.29) is 5.91 Å². The number of carbonyl (C=O) groups is 1. The Bertz CT molecular complexity index is 597. The van der Waals surface area contributed by atoms with Gasteiger partial charge in [0.1, 0.15) is 5.75 Å². The standard InChI is InChI=1S/C14H13BrN2O2/c1-19-13-7-2-9(8-12(13)16)14(18)17-11-5-3-10(15)4-6-11/h2-8H,16H2,1H3,(H,17,18). The van der Waals surface area contributed by atoms with Gasteiger partial charge in [-0.25, -0.2) is 0 Å². The number of carbonyl (C=O) groups excluding carboxylic acids is 1. The fraction of sp³-hybridized carbons (Fsp3) is 0.0714. The summed E-state index contributed by atoms with van der Waals surface area (Å²) in [4.78, 5) is 12.0. The Morgan fingerprint density at radius 1 is 1.21 bits per heavy atom. The van der Waals surface area contributed by atoms with Gasteiger partial charge in [0.15, 0.2) is 0 Å². The van der Waals surface area contributed by atoms with Crippen molar-refractivity contribution in [3.63, 3.8) is 0 Å². The smallest absolute Gasteiger partial charge is 0.255 e. The molecule has 0 aliphatic rings. The summed E-state index contributed by atoms with van der Waals surface area (Å²) in [5.41, 5.74) is 7.42. The highest BCUT2D eigenvalue weighted by Crippen LogP contribution is 2.22. The van der Waals surface area contributed by atoms with Gasteiger partial charge >= 0.3 is 0 Å². The molecule has 0 fully saturated rings. The van der Waals surface area contributed by atoms with Crippen molar-refractivity contribution in [3.8, 4) is 5.75 Å². The molecule has 3 N–H and O–H groups in total. The second-order valence-corrected chi connectivity index (χ2v) is 4.83. The van der Waals surface area contributed by atoms with Gasteiger partial charge in [0.05, 0.1) is 12.8 Å². The molecular weight excluding hydrogens is 308 g/mol.